The second-order valence-corrected chi connectivity index (χ2v) is 8.77. The molecule has 1 aromatic heterocycles. The van der Waals surface area contributed by atoms with Crippen LogP contribution in [0.2, 0.25) is 0 Å². The Morgan fingerprint density at radius 1 is 1.33 bits per heavy atom. The Kier molecular flexibility index (Phi) is 5.11. The van der Waals surface area contributed by atoms with Crippen LogP contribution in [0.25, 0.3) is 0 Å². The lowest BCUT2D eigenvalue weighted by Crippen LogP contribution is -2.28. The molecule has 4 rings (SSSR count). The average Bonchev–Trinajstić information content (AvgIpc) is 3.22. The van der Waals surface area contributed by atoms with E-state index in [1.165, 1.54) is 17.3 Å². The highest BCUT2D eigenvalue weighted by molar-refractivity contribution is 8.14. The number of amides is 1. The van der Waals surface area contributed by atoms with E-state index in [0.29, 0.717) is 24.5 Å². The minimum atomic E-state index is -0.469. The zero-order valence-corrected chi connectivity index (χ0v) is 15.8. The van der Waals surface area contributed by atoms with Gasteiger partial charge in [-0.2, -0.15) is 15.6 Å². The average molecular weight is 391 g/mol. The first-order valence-electron chi connectivity index (χ1n) is 8.92. The fraction of sp³-hybridized carbons (Fsp3) is 0.444. The van der Waals surface area contributed by atoms with E-state index in [9.17, 15) is 9.18 Å². The number of ether oxygens (including phenoxy) is 1. The van der Waals surface area contributed by atoms with Crippen molar-refractivity contribution in [2.24, 2.45) is 0 Å². The molecule has 2 fully saturated rings. The van der Waals surface area contributed by atoms with Crippen LogP contribution >= 0.6 is 10.5 Å². The number of hydrogen-bond donors (Lipinski definition) is 0. The van der Waals surface area contributed by atoms with Crippen molar-refractivity contribution in [3.05, 3.63) is 36.7 Å². The number of aromatic nitrogens is 3. The standard InChI is InChI=1S/C18H22FN5O2S/c1-27-7-2-5-22(6-8-27)17-4-3-14(9-16(17)19)24-11-15(26-18(24)25)10-23-13-20-12-21-23/h3-4,9,12-13,15H,1-2,5-8,10-11H2/t15-,27?/m0/s1. The number of carbonyl (C=O) groups excluding carboxylic acids is 1. The van der Waals surface area contributed by atoms with E-state index in [1.54, 1.807) is 23.1 Å². The number of rotatable bonds is 4. The topological polar surface area (TPSA) is 63.5 Å². The summed E-state index contributed by atoms with van der Waals surface area (Å²) in [7, 11) is 0.167. The summed E-state index contributed by atoms with van der Waals surface area (Å²) in [6, 6.07) is 4.96. The van der Waals surface area contributed by atoms with Gasteiger partial charge >= 0.3 is 6.09 Å². The maximum atomic E-state index is 14.8. The Hall–Kier alpha value is -2.42. The normalized spacial score (nSPS) is 23.4. The Morgan fingerprint density at radius 3 is 3.00 bits per heavy atom. The molecule has 0 saturated carbocycles. The second kappa shape index (κ2) is 7.67. The molecule has 144 valence electrons. The van der Waals surface area contributed by atoms with Crippen LogP contribution in [0, 0.1) is 5.82 Å². The number of halogens is 1. The molecule has 0 bridgehead atoms. The third kappa shape index (κ3) is 3.97. The summed E-state index contributed by atoms with van der Waals surface area (Å²) in [4.78, 5) is 19.6. The van der Waals surface area contributed by atoms with Crippen molar-refractivity contribution >= 4 is 33.8 Å². The number of cyclic esters (lactones) is 1. The van der Waals surface area contributed by atoms with Crippen LogP contribution in [0.15, 0.2) is 30.9 Å². The van der Waals surface area contributed by atoms with Crippen LogP contribution in [0.5, 0.6) is 0 Å². The fourth-order valence-electron chi connectivity index (χ4n) is 3.44. The van der Waals surface area contributed by atoms with E-state index < -0.39 is 6.09 Å². The van der Waals surface area contributed by atoms with Crippen molar-refractivity contribution in [1.29, 1.82) is 0 Å². The van der Waals surface area contributed by atoms with Gasteiger partial charge in [0.1, 0.15) is 24.6 Å². The molecule has 1 unspecified atom stereocenters. The van der Waals surface area contributed by atoms with E-state index in [2.05, 4.69) is 20.9 Å². The van der Waals surface area contributed by atoms with E-state index in [4.69, 9.17) is 4.74 Å². The van der Waals surface area contributed by atoms with Crippen molar-refractivity contribution in [3.8, 4) is 0 Å². The first-order valence-corrected chi connectivity index (χ1v) is 10.7. The van der Waals surface area contributed by atoms with Gasteiger partial charge in [-0.05, 0) is 30.4 Å². The molecule has 2 aliphatic heterocycles. The lowest BCUT2D eigenvalue weighted by atomic mass is 10.2. The molecule has 1 amide bonds. The van der Waals surface area contributed by atoms with Gasteiger partial charge in [-0.1, -0.05) is 5.87 Å². The van der Waals surface area contributed by atoms with Gasteiger partial charge in [0.2, 0.25) is 0 Å². The highest BCUT2D eigenvalue weighted by atomic mass is 32.2. The van der Waals surface area contributed by atoms with Crippen LogP contribution in [-0.2, 0) is 11.3 Å². The van der Waals surface area contributed by atoms with E-state index >= 15 is 0 Å². The van der Waals surface area contributed by atoms with Gasteiger partial charge in [-0.3, -0.25) is 4.90 Å². The third-order valence-electron chi connectivity index (χ3n) is 4.83. The molecule has 27 heavy (non-hydrogen) atoms. The molecule has 0 radical (unpaired) electrons. The Morgan fingerprint density at radius 2 is 2.22 bits per heavy atom. The SMILES string of the molecule is C=S1CCCN(c2ccc(N3C[C@H](Cn4cncn4)OC3=O)cc2F)CC1. The van der Waals surface area contributed by atoms with Gasteiger partial charge in [-0.25, -0.2) is 18.9 Å². The molecule has 1 aromatic carbocycles. The lowest BCUT2D eigenvalue weighted by Gasteiger charge is -2.24. The summed E-state index contributed by atoms with van der Waals surface area (Å²) in [5, 5.41) is 4.02. The van der Waals surface area contributed by atoms with Crippen LogP contribution in [0.3, 0.4) is 0 Å². The summed E-state index contributed by atoms with van der Waals surface area (Å²) in [5.74, 6) is 5.93. The quantitative estimate of drug-likeness (QED) is 0.749. The van der Waals surface area contributed by atoms with Gasteiger partial charge in [0.15, 0.2) is 0 Å². The zero-order chi connectivity index (χ0) is 18.8. The monoisotopic (exact) mass is 391 g/mol. The largest absolute Gasteiger partial charge is 0.442 e. The third-order valence-corrected chi connectivity index (χ3v) is 6.45. The van der Waals surface area contributed by atoms with Crippen LogP contribution < -0.4 is 9.80 Å². The van der Waals surface area contributed by atoms with E-state index in [-0.39, 0.29) is 22.4 Å². The van der Waals surface area contributed by atoms with Crippen molar-refractivity contribution in [1.82, 2.24) is 14.8 Å². The molecule has 2 atom stereocenters. The second-order valence-electron chi connectivity index (χ2n) is 6.73. The maximum Gasteiger partial charge on any atom is 0.414 e. The smallest absolute Gasteiger partial charge is 0.414 e. The highest BCUT2D eigenvalue weighted by Gasteiger charge is 2.33. The van der Waals surface area contributed by atoms with Gasteiger partial charge in [0.25, 0.3) is 0 Å². The number of anilines is 2. The van der Waals surface area contributed by atoms with E-state index in [1.807, 2.05) is 0 Å². The number of hydrogen-bond acceptors (Lipinski definition) is 5. The minimum absolute atomic E-state index is 0.167. The zero-order valence-electron chi connectivity index (χ0n) is 15.0. The van der Waals surface area contributed by atoms with Gasteiger partial charge < -0.3 is 9.64 Å². The molecule has 0 spiro atoms. The van der Waals surface area contributed by atoms with E-state index in [0.717, 1.165) is 31.0 Å². The molecule has 7 nitrogen and oxygen atoms in total. The lowest BCUT2D eigenvalue weighted by molar-refractivity contribution is 0.129. The van der Waals surface area contributed by atoms with Crippen LogP contribution in [-0.4, -0.2) is 64.0 Å². The summed E-state index contributed by atoms with van der Waals surface area (Å²) in [6.45, 7) is 2.42. The highest BCUT2D eigenvalue weighted by Crippen LogP contribution is 2.29. The maximum absolute atomic E-state index is 14.8. The fourth-order valence-corrected chi connectivity index (χ4v) is 4.66. The Bertz CT molecular complexity index is 844. The summed E-state index contributed by atoms with van der Waals surface area (Å²) < 4.78 is 21.8. The number of nitrogens with zero attached hydrogens (tertiary/aromatic N) is 5. The molecule has 0 N–H and O–H groups in total. The number of carbonyl (C=O) groups is 1. The predicted molar refractivity (Wildman–Crippen MR) is 105 cm³/mol. The molecule has 2 saturated heterocycles. The molecular weight excluding hydrogens is 369 g/mol. The molecule has 2 aliphatic rings. The van der Waals surface area contributed by atoms with Crippen molar-refractivity contribution < 1.29 is 13.9 Å². The molecule has 0 aliphatic carbocycles. The first kappa shape index (κ1) is 18.0. The molecule has 2 aromatic rings. The minimum Gasteiger partial charge on any atom is -0.442 e. The molecule has 3 heterocycles. The van der Waals surface area contributed by atoms with Gasteiger partial charge in [-0.15, -0.1) is 0 Å². The molecule has 9 heteroatoms. The van der Waals surface area contributed by atoms with Crippen LogP contribution in [0.1, 0.15) is 6.42 Å². The summed E-state index contributed by atoms with van der Waals surface area (Å²) in [5.41, 5.74) is 1.10. The first-order chi connectivity index (χ1) is 13.1. The van der Waals surface area contributed by atoms with Gasteiger partial charge in [0, 0.05) is 18.8 Å². The van der Waals surface area contributed by atoms with Gasteiger partial charge in [0.05, 0.1) is 24.5 Å². The van der Waals surface area contributed by atoms with Crippen LogP contribution in [0.4, 0.5) is 20.6 Å². The van der Waals surface area contributed by atoms with Crippen molar-refractivity contribution in [2.75, 3.05) is 40.9 Å². The summed E-state index contributed by atoms with van der Waals surface area (Å²) >= 11 is 0. The molecular formula is C18H22FN5O2S. The Balaban J connectivity index is 1.47. The van der Waals surface area contributed by atoms with Crippen molar-refractivity contribution in [3.63, 3.8) is 0 Å². The Labute approximate surface area is 159 Å². The van der Waals surface area contributed by atoms with Crippen molar-refractivity contribution in [2.45, 2.75) is 19.1 Å². The predicted octanol–water partition coefficient (Wildman–Crippen LogP) is 2.35. The number of benzene rings is 1. The summed E-state index contributed by atoms with van der Waals surface area (Å²) in [6.07, 6.45) is 3.22.